The normalized spacial score (nSPS) is 21.6. The quantitative estimate of drug-likeness (QED) is 0.355. The molecule has 1 rings (SSSR count). The van der Waals surface area contributed by atoms with Crippen LogP contribution in [0, 0.1) is 5.92 Å². The molecule has 1 saturated heterocycles. The summed E-state index contributed by atoms with van der Waals surface area (Å²) >= 11 is 0. The van der Waals surface area contributed by atoms with Gasteiger partial charge in [-0.05, 0) is 47.5 Å². The van der Waals surface area contributed by atoms with Gasteiger partial charge in [0.05, 0.1) is 0 Å². The van der Waals surface area contributed by atoms with E-state index in [1.54, 1.807) is 27.7 Å². The lowest BCUT2D eigenvalue weighted by atomic mass is 9.80. The van der Waals surface area contributed by atoms with Crippen LogP contribution < -0.4 is 21.3 Å². The van der Waals surface area contributed by atoms with Crippen LogP contribution in [0.5, 0.6) is 0 Å². The van der Waals surface area contributed by atoms with Crippen LogP contribution in [0.4, 0.5) is 9.59 Å². The molecule has 0 aromatic heterocycles. The lowest BCUT2D eigenvalue weighted by Crippen LogP contribution is -2.66. The Hall–Kier alpha value is -3.31. The minimum absolute atomic E-state index is 0.0482. The minimum atomic E-state index is -1.48. The Balaban J connectivity index is 3.16. The van der Waals surface area contributed by atoms with Gasteiger partial charge < -0.3 is 35.6 Å². The van der Waals surface area contributed by atoms with E-state index >= 15 is 0 Å². The number of likely N-dealkylation sites (N-methyl/N-ethyl adjacent to an activating group) is 1. The maximum absolute atomic E-state index is 13.6. The average molecular weight is 512 g/mol. The van der Waals surface area contributed by atoms with Crippen molar-refractivity contribution in [3.63, 3.8) is 0 Å². The van der Waals surface area contributed by atoms with Crippen molar-refractivity contribution in [1.29, 1.82) is 0 Å². The Kier molecular flexibility index (Phi) is 11.2. The lowest BCUT2D eigenvalue weighted by molar-refractivity contribution is -0.135. The summed E-state index contributed by atoms with van der Waals surface area (Å²) in [6.45, 7) is 13.8. The second kappa shape index (κ2) is 13.1. The van der Waals surface area contributed by atoms with Crippen molar-refractivity contribution in [3.8, 4) is 0 Å². The molecular weight excluding hydrogens is 470 g/mol. The zero-order valence-electron chi connectivity index (χ0n) is 22.4. The number of ether oxygens (including phenoxy) is 2. The first-order valence-electron chi connectivity index (χ1n) is 12.0. The molecule has 12 nitrogen and oxygen atoms in total. The van der Waals surface area contributed by atoms with Crippen molar-refractivity contribution >= 4 is 29.9 Å². The summed E-state index contributed by atoms with van der Waals surface area (Å²) in [7, 11) is 1.45. The van der Waals surface area contributed by atoms with Crippen molar-refractivity contribution in [2.45, 2.75) is 77.6 Å². The van der Waals surface area contributed by atoms with E-state index in [1.807, 2.05) is 0 Å². The number of nitrogens with zero attached hydrogens (tertiary/aromatic N) is 1. The first-order chi connectivity index (χ1) is 16.7. The monoisotopic (exact) mass is 511 g/mol. The van der Waals surface area contributed by atoms with Crippen molar-refractivity contribution in [2.75, 3.05) is 26.7 Å². The standard InChI is InChI=1S/C24H41N5O7/c1-9-13-35-22(34)29-12-10-11-24(15(2)14-29,28-21(33)36-23(5,6)7)20(32)27-17(4)19(31)26-16(3)18(30)25-8/h9,15-17H,1,10-14H2,2-8H3,(H,25,30)(H,26,31)(H,27,32)(H,28,33)/t15-,16+,17+,24+/m1/s1. The lowest BCUT2D eigenvalue weighted by Gasteiger charge is -2.38. The van der Waals surface area contributed by atoms with E-state index in [0.717, 1.165) is 0 Å². The fraction of sp³-hybridized carbons (Fsp3) is 0.708. The zero-order chi connectivity index (χ0) is 27.7. The van der Waals surface area contributed by atoms with Gasteiger partial charge in [0, 0.05) is 26.1 Å². The summed E-state index contributed by atoms with van der Waals surface area (Å²) < 4.78 is 10.5. The van der Waals surface area contributed by atoms with Crippen LogP contribution in [0.15, 0.2) is 12.7 Å². The predicted octanol–water partition coefficient (Wildman–Crippen LogP) is 1.06. The zero-order valence-corrected chi connectivity index (χ0v) is 22.4. The minimum Gasteiger partial charge on any atom is -0.445 e. The maximum Gasteiger partial charge on any atom is 0.410 e. The number of hydrogen-bond acceptors (Lipinski definition) is 7. The summed E-state index contributed by atoms with van der Waals surface area (Å²) in [5.74, 6) is -2.12. The molecule has 0 bridgehead atoms. The van der Waals surface area contributed by atoms with Gasteiger partial charge >= 0.3 is 12.2 Å². The number of rotatable bonds is 8. The summed E-state index contributed by atoms with van der Waals surface area (Å²) in [5, 5.41) is 10.4. The molecule has 1 aliphatic heterocycles. The fourth-order valence-electron chi connectivity index (χ4n) is 3.84. The van der Waals surface area contributed by atoms with E-state index in [0.29, 0.717) is 13.0 Å². The van der Waals surface area contributed by atoms with E-state index in [1.165, 1.54) is 31.9 Å². The van der Waals surface area contributed by atoms with Crippen LogP contribution >= 0.6 is 0 Å². The number of carbonyl (C=O) groups is 5. The molecule has 12 heteroatoms. The highest BCUT2D eigenvalue weighted by atomic mass is 16.6. The molecule has 4 N–H and O–H groups in total. The number of nitrogens with one attached hydrogen (secondary N) is 4. The molecule has 0 radical (unpaired) electrons. The molecule has 0 aromatic rings. The van der Waals surface area contributed by atoms with Crippen LogP contribution in [-0.4, -0.2) is 84.8 Å². The summed E-state index contributed by atoms with van der Waals surface area (Å²) in [4.78, 5) is 64.7. The molecule has 0 saturated carbocycles. The van der Waals surface area contributed by atoms with Gasteiger partial charge in [-0.15, -0.1) is 0 Å². The summed E-state index contributed by atoms with van der Waals surface area (Å²) in [6.07, 6.45) is 0.681. The van der Waals surface area contributed by atoms with Gasteiger partial charge in [0.25, 0.3) is 0 Å². The average Bonchev–Trinajstić information content (AvgIpc) is 2.94. The van der Waals surface area contributed by atoms with Gasteiger partial charge in [-0.25, -0.2) is 9.59 Å². The molecule has 0 aromatic carbocycles. The van der Waals surface area contributed by atoms with Crippen LogP contribution in [0.25, 0.3) is 0 Å². The second-order valence-corrected chi connectivity index (χ2v) is 9.95. The Morgan fingerprint density at radius 1 is 1.11 bits per heavy atom. The van der Waals surface area contributed by atoms with E-state index < -0.39 is 53.1 Å². The molecular formula is C24H41N5O7. The highest BCUT2D eigenvalue weighted by molar-refractivity contribution is 5.95. The van der Waals surface area contributed by atoms with Gasteiger partial charge in [-0.1, -0.05) is 19.6 Å². The number of carbonyl (C=O) groups excluding carboxylic acids is 5. The molecule has 1 heterocycles. The molecule has 1 aliphatic rings. The van der Waals surface area contributed by atoms with Gasteiger partial charge in [-0.3, -0.25) is 14.4 Å². The molecule has 36 heavy (non-hydrogen) atoms. The van der Waals surface area contributed by atoms with Crippen LogP contribution in [-0.2, 0) is 23.9 Å². The van der Waals surface area contributed by atoms with Crippen molar-refractivity contribution in [3.05, 3.63) is 12.7 Å². The predicted molar refractivity (Wildman–Crippen MR) is 133 cm³/mol. The number of amides is 5. The van der Waals surface area contributed by atoms with Gasteiger partial charge in [0.2, 0.25) is 17.7 Å². The van der Waals surface area contributed by atoms with Crippen molar-refractivity contribution in [1.82, 2.24) is 26.2 Å². The molecule has 0 aliphatic carbocycles. The first-order valence-corrected chi connectivity index (χ1v) is 12.0. The SMILES string of the molecule is C=CCOC(=O)N1CCC[C@@](NC(=O)OC(C)(C)C)(C(=O)N[C@@H](C)C(=O)N[C@@H](C)C(=O)NC)[C@H](C)C1. The van der Waals surface area contributed by atoms with Crippen molar-refractivity contribution in [2.24, 2.45) is 5.92 Å². The van der Waals surface area contributed by atoms with Crippen molar-refractivity contribution < 1.29 is 33.4 Å². The number of alkyl carbamates (subject to hydrolysis) is 1. The Labute approximate surface area is 212 Å². The van der Waals surface area contributed by atoms with Gasteiger partial charge in [-0.2, -0.15) is 0 Å². The van der Waals surface area contributed by atoms with Gasteiger partial charge in [0.1, 0.15) is 29.8 Å². The molecule has 1 fully saturated rings. The molecule has 5 amide bonds. The maximum atomic E-state index is 13.6. The van der Waals surface area contributed by atoms with Crippen LogP contribution in [0.2, 0.25) is 0 Å². The smallest absolute Gasteiger partial charge is 0.410 e. The van der Waals surface area contributed by atoms with E-state index in [9.17, 15) is 24.0 Å². The fourth-order valence-corrected chi connectivity index (χ4v) is 3.84. The topological polar surface area (TPSA) is 155 Å². The molecule has 4 atom stereocenters. The third-order valence-electron chi connectivity index (χ3n) is 5.79. The van der Waals surface area contributed by atoms with E-state index in [4.69, 9.17) is 9.47 Å². The summed E-state index contributed by atoms with van der Waals surface area (Å²) in [6, 6.07) is -1.81. The molecule has 0 unspecified atom stereocenters. The largest absolute Gasteiger partial charge is 0.445 e. The Morgan fingerprint density at radius 2 is 1.72 bits per heavy atom. The van der Waals surface area contributed by atoms with Crippen LogP contribution in [0.1, 0.15) is 54.4 Å². The van der Waals surface area contributed by atoms with Gasteiger partial charge in [0.15, 0.2) is 0 Å². The number of likely N-dealkylation sites (tertiary alicyclic amines) is 1. The first kappa shape index (κ1) is 30.7. The highest BCUT2D eigenvalue weighted by Crippen LogP contribution is 2.29. The third kappa shape index (κ3) is 8.72. The van der Waals surface area contributed by atoms with E-state index in [2.05, 4.69) is 27.8 Å². The molecule has 0 spiro atoms. The number of hydrogen-bond donors (Lipinski definition) is 4. The highest BCUT2D eigenvalue weighted by Gasteiger charge is 2.48. The van der Waals surface area contributed by atoms with E-state index in [-0.39, 0.29) is 25.5 Å². The third-order valence-corrected chi connectivity index (χ3v) is 5.79. The summed E-state index contributed by atoms with van der Waals surface area (Å²) in [5.41, 5.74) is -2.28. The van der Waals surface area contributed by atoms with Crippen LogP contribution in [0.3, 0.4) is 0 Å². The second-order valence-electron chi connectivity index (χ2n) is 9.95. The Bertz CT molecular complexity index is 841. The Morgan fingerprint density at radius 3 is 2.28 bits per heavy atom. The molecule has 204 valence electrons.